The number of para-hydroxylation sites is 2. The predicted molar refractivity (Wildman–Crippen MR) is 131 cm³/mol. The van der Waals surface area contributed by atoms with E-state index in [1.165, 1.54) is 11.4 Å². The van der Waals surface area contributed by atoms with Gasteiger partial charge in [-0.05, 0) is 36.1 Å². The SMILES string of the molecule is CC(C)CN(CC(C)C)C(=O)Cn1c(CN(C)S(=O)(=O)c2ccccc2)nc2ccccc21. The van der Waals surface area contributed by atoms with Crippen molar-refractivity contribution in [3.63, 3.8) is 0 Å². The van der Waals surface area contributed by atoms with E-state index in [1.807, 2.05) is 33.7 Å². The highest BCUT2D eigenvalue weighted by Crippen LogP contribution is 2.21. The molecule has 0 aliphatic carbocycles. The number of sulfonamides is 1. The summed E-state index contributed by atoms with van der Waals surface area (Å²) in [6, 6.07) is 15.9. The molecule has 0 atom stereocenters. The Bertz CT molecular complexity index is 1180. The van der Waals surface area contributed by atoms with E-state index in [0.717, 1.165) is 11.0 Å². The maximum atomic E-state index is 13.3. The van der Waals surface area contributed by atoms with Gasteiger partial charge in [-0.3, -0.25) is 4.79 Å². The van der Waals surface area contributed by atoms with Crippen molar-refractivity contribution in [2.45, 2.75) is 45.7 Å². The lowest BCUT2D eigenvalue weighted by atomic mass is 10.1. The summed E-state index contributed by atoms with van der Waals surface area (Å²) < 4.78 is 29.2. The molecular formula is C25H34N4O3S. The molecule has 0 saturated carbocycles. The molecule has 3 rings (SSSR count). The number of imidazole rings is 1. The molecule has 0 bridgehead atoms. The summed E-state index contributed by atoms with van der Waals surface area (Å²) in [6.07, 6.45) is 0. The van der Waals surface area contributed by atoms with Gasteiger partial charge in [-0.15, -0.1) is 0 Å². The minimum atomic E-state index is -3.68. The lowest BCUT2D eigenvalue weighted by Crippen LogP contribution is -2.39. The molecule has 1 aromatic heterocycles. The normalized spacial score (nSPS) is 12.2. The summed E-state index contributed by atoms with van der Waals surface area (Å²) in [6.45, 7) is 9.94. The smallest absolute Gasteiger partial charge is 0.243 e. The Hall–Kier alpha value is -2.71. The molecule has 0 aliphatic rings. The van der Waals surface area contributed by atoms with Crippen molar-refractivity contribution in [1.82, 2.24) is 18.8 Å². The Morgan fingerprint density at radius 2 is 1.52 bits per heavy atom. The largest absolute Gasteiger partial charge is 0.341 e. The Morgan fingerprint density at radius 3 is 2.12 bits per heavy atom. The predicted octanol–water partition coefficient (Wildman–Crippen LogP) is 4.00. The van der Waals surface area contributed by atoms with Crippen LogP contribution in [0.15, 0.2) is 59.5 Å². The molecule has 3 aromatic rings. The minimum Gasteiger partial charge on any atom is -0.341 e. The lowest BCUT2D eigenvalue weighted by molar-refractivity contribution is -0.132. The third-order valence-electron chi connectivity index (χ3n) is 5.37. The van der Waals surface area contributed by atoms with Crippen molar-refractivity contribution in [1.29, 1.82) is 0 Å². The molecule has 1 heterocycles. The number of rotatable bonds is 10. The van der Waals surface area contributed by atoms with Crippen LogP contribution in [0, 0.1) is 11.8 Å². The third-order valence-corrected chi connectivity index (χ3v) is 7.18. The number of nitrogens with zero attached hydrogens (tertiary/aromatic N) is 4. The first-order valence-electron chi connectivity index (χ1n) is 11.3. The Labute approximate surface area is 197 Å². The maximum Gasteiger partial charge on any atom is 0.243 e. The van der Waals surface area contributed by atoms with Gasteiger partial charge < -0.3 is 9.47 Å². The number of amides is 1. The molecule has 1 amide bonds. The highest BCUT2D eigenvalue weighted by Gasteiger charge is 2.25. The number of fused-ring (bicyclic) bond motifs is 1. The number of carbonyl (C=O) groups is 1. The van der Waals surface area contributed by atoms with E-state index in [-0.39, 0.29) is 23.9 Å². The van der Waals surface area contributed by atoms with Crippen molar-refractivity contribution in [2.75, 3.05) is 20.1 Å². The molecule has 0 unspecified atom stereocenters. The van der Waals surface area contributed by atoms with Gasteiger partial charge in [-0.25, -0.2) is 13.4 Å². The minimum absolute atomic E-state index is 0.00960. The Balaban J connectivity index is 1.93. The second kappa shape index (κ2) is 10.5. The molecule has 0 aliphatic heterocycles. The van der Waals surface area contributed by atoms with Crippen LogP contribution in [-0.2, 0) is 27.9 Å². The average Bonchev–Trinajstić information content (AvgIpc) is 3.10. The number of carbonyl (C=O) groups excluding carboxylic acids is 1. The lowest BCUT2D eigenvalue weighted by Gasteiger charge is -2.27. The summed E-state index contributed by atoms with van der Waals surface area (Å²) in [7, 11) is -2.14. The van der Waals surface area contributed by atoms with Crippen molar-refractivity contribution in [2.24, 2.45) is 11.8 Å². The molecule has 0 fully saturated rings. The van der Waals surface area contributed by atoms with Crippen molar-refractivity contribution in [3.05, 3.63) is 60.4 Å². The van der Waals surface area contributed by atoms with Gasteiger partial charge in [0, 0.05) is 20.1 Å². The van der Waals surface area contributed by atoms with Crippen LogP contribution in [0.5, 0.6) is 0 Å². The third kappa shape index (κ3) is 6.00. The molecule has 2 aromatic carbocycles. The van der Waals surface area contributed by atoms with E-state index in [4.69, 9.17) is 0 Å². The quantitative estimate of drug-likeness (QED) is 0.449. The fourth-order valence-electron chi connectivity index (χ4n) is 3.87. The molecule has 0 N–H and O–H groups in total. The van der Waals surface area contributed by atoms with Gasteiger partial charge in [0.05, 0.1) is 22.5 Å². The Morgan fingerprint density at radius 1 is 0.939 bits per heavy atom. The summed E-state index contributed by atoms with van der Waals surface area (Å²) in [5.41, 5.74) is 1.56. The number of aromatic nitrogens is 2. The standard InChI is InChI=1S/C25H34N4O3S/c1-19(2)15-28(16-20(3)4)25(30)18-29-23-14-10-9-13-22(23)26-24(29)17-27(5)33(31,32)21-11-7-6-8-12-21/h6-14,19-20H,15-18H2,1-5H3. The van der Waals surface area contributed by atoms with Crippen LogP contribution in [0.2, 0.25) is 0 Å². The zero-order valence-corrected chi connectivity index (χ0v) is 20.9. The van der Waals surface area contributed by atoms with E-state index in [1.54, 1.807) is 30.3 Å². The average molecular weight is 471 g/mol. The fraction of sp³-hybridized carbons (Fsp3) is 0.440. The molecule has 8 heteroatoms. The highest BCUT2D eigenvalue weighted by atomic mass is 32.2. The first-order chi connectivity index (χ1) is 15.6. The van der Waals surface area contributed by atoms with Crippen LogP contribution in [0.4, 0.5) is 0 Å². The van der Waals surface area contributed by atoms with Crippen LogP contribution in [-0.4, -0.2) is 53.2 Å². The topological polar surface area (TPSA) is 75.5 Å². The van der Waals surface area contributed by atoms with Crippen LogP contribution >= 0.6 is 0 Å². The number of hydrogen-bond donors (Lipinski definition) is 0. The first-order valence-corrected chi connectivity index (χ1v) is 12.8. The van der Waals surface area contributed by atoms with Crippen LogP contribution in [0.3, 0.4) is 0 Å². The summed E-state index contributed by atoms with van der Waals surface area (Å²) in [5, 5.41) is 0. The van der Waals surface area contributed by atoms with Gasteiger partial charge in [-0.1, -0.05) is 58.0 Å². The Kier molecular flexibility index (Phi) is 7.92. The summed E-state index contributed by atoms with van der Waals surface area (Å²) in [4.78, 5) is 20.1. The zero-order chi connectivity index (χ0) is 24.2. The molecule has 33 heavy (non-hydrogen) atoms. The van der Waals surface area contributed by atoms with E-state index in [2.05, 4.69) is 32.7 Å². The monoisotopic (exact) mass is 470 g/mol. The molecule has 7 nitrogen and oxygen atoms in total. The second-order valence-electron chi connectivity index (χ2n) is 9.26. The fourth-order valence-corrected chi connectivity index (χ4v) is 5.02. The molecule has 0 spiro atoms. The van der Waals surface area contributed by atoms with Crippen LogP contribution in [0.25, 0.3) is 11.0 Å². The van der Waals surface area contributed by atoms with Gasteiger partial charge >= 0.3 is 0 Å². The van der Waals surface area contributed by atoms with Crippen LogP contribution in [0.1, 0.15) is 33.5 Å². The molecule has 178 valence electrons. The van der Waals surface area contributed by atoms with E-state index in [9.17, 15) is 13.2 Å². The zero-order valence-electron chi connectivity index (χ0n) is 20.1. The van der Waals surface area contributed by atoms with Crippen molar-refractivity contribution < 1.29 is 13.2 Å². The number of hydrogen-bond acceptors (Lipinski definition) is 4. The highest BCUT2D eigenvalue weighted by molar-refractivity contribution is 7.89. The van der Waals surface area contributed by atoms with Crippen LogP contribution < -0.4 is 0 Å². The van der Waals surface area contributed by atoms with E-state index in [0.29, 0.717) is 30.7 Å². The van der Waals surface area contributed by atoms with Gasteiger partial charge in [0.25, 0.3) is 0 Å². The summed E-state index contributed by atoms with van der Waals surface area (Å²) in [5.74, 6) is 1.26. The van der Waals surface area contributed by atoms with Crippen molar-refractivity contribution >= 4 is 27.0 Å². The van der Waals surface area contributed by atoms with Crippen molar-refractivity contribution in [3.8, 4) is 0 Å². The second-order valence-corrected chi connectivity index (χ2v) is 11.3. The first kappa shape index (κ1) is 24.9. The van der Waals surface area contributed by atoms with Gasteiger partial charge in [0.15, 0.2) is 0 Å². The van der Waals surface area contributed by atoms with E-state index >= 15 is 0 Å². The molecule has 0 saturated heterocycles. The summed E-state index contributed by atoms with van der Waals surface area (Å²) >= 11 is 0. The molecular weight excluding hydrogens is 436 g/mol. The van der Waals surface area contributed by atoms with Gasteiger partial charge in [0.2, 0.25) is 15.9 Å². The maximum absolute atomic E-state index is 13.3. The van der Waals surface area contributed by atoms with E-state index < -0.39 is 10.0 Å². The van der Waals surface area contributed by atoms with Gasteiger partial charge in [0.1, 0.15) is 12.4 Å². The number of benzene rings is 2. The molecule has 0 radical (unpaired) electrons. The van der Waals surface area contributed by atoms with Gasteiger partial charge in [-0.2, -0.15) is 4.31 Å².